The first-order valence-electron chi connectivity index (χ1n) is 10.2. The fraction of sp³-hybridized carbons (Fsp3) is 0.455. The van der Waals surface area contributed by atoms with Crippen LogP contribution in [0, 0.1) is 5.92 Å². The van der Waals surface area contributed by atoms with E-state index in [9.17, 15) is 19.2 Å². The maximum atomic E-state index is 13.0. The molecule has 31 heavy (non-hydrogen) atoms. The van der Waals surface area contributed by atoms with Crippen molar-refractivity contribution in [1.29, 1.82) is 0 Å². The fourth-order valence-electron chi connectivity index (χ4n) is 3.31. The van der Waals surface area contributed by atoms with Gasteiger partial charge in [-0.25, -0.2) is 0 Å². The highest BCUT2D eigenvalue weighted by atomic mass is 32.1. The molecule has 0 saturated carbocycles. The molecule has 0 aliphatic heterocycles. The van der Waals surface area contributed by atoms with Crippen molar-refractivity contribution in [2.45, 2.75) is 50.9 Å². The second-order valence-corrected chi connectivity index (χ2v) is 8.46. The van der Waals surface area contributed by atoms with Gasteiger partial charge in [-0.1, -0.05) is 32.0 Å². The molecule has 1 aromatic carbocycles. The van der Waals surface area contributed by atoms with Gasteiger partial charge in [0.05, 0.1) is 0 Å². The van der Waals surface area contributed by atoms with E-state index < -0.39 is 34.9 Å². The van der Waals surface area contributed by atoms with Gasteiger partial charge in [0.2, 0.25) is 17.7 Å². The van der Waals surface area contributed by atoms with Gasteiger partial charge < -0.3 is 20.9 Å². The van der Waals surface area contributed by atoms with E-state index in [2.05, 4.69) is 33.6 Å². The van der Waals surface area contributed by atoms with Gasteiger partial charge in [-0.05, 0) is 30.9 Å². The van der Waals surface area contributed by atoms with Crippen LogP contribution in [0.4, 0.5) is 0 Å². The van der Waals surface area contributed by atoms with Gasteiger partial charge in [0, 0.05) is 30.6 Å². The minimum atomic E-state index is -1.15. The number of Topliss-reactive ketones (excluding diaryl/α,β-unsaturated/α-hetero) is 1. The van der Waals surface area contributed by atoms with Crippen LogP contribution < -0.4 is 16.0 Å². The molecule has 0 radical (unpaired) electrons. The molecule has 3 amide bonds. The molecule has 168 valence electrons. The van der Waals surface area contributed by atoms with E-state index in [0.717, 1.165) is 16.5 Å². The Labute approximate surface area is 187 Å². The Morgan fingerprint density at radius 3 is 2.26 bits per heavy atom. The number of aromatic nitrogens is 1. The van der Waals surface area contributed by atoms with Crippen LogP contribution in [0.5, 0.6) is 0 Å². The summed E-state index contributed by atoms with van der Waals surface area (Å²) in [5.41, 5.74) is 1.83. The third-order valence-electron chi connectivity index (χ3n) is 4.95. The number of ketones is 1. The number of amides is 3. The van der Waals surface area contributed by atoms with Crippen molar-refractivity contribution in [3.8, 4) is 0 Å². The first-order valence-corrected chi connectivity index (χ1v) is 10.7. The average Bonchev–Trinajstić information content (AvgIpc) is 3.13. The van der Waals surface area contributed by atoms with Crippen LogP contribution in [0.15, 0.2) is 30.5 Å². The first kappa shape index (κ1) is 24.5. The predicted molar refractivity (Wildman–Crippen MR) is 123 cm³/mol. The van der Waals surface area contributed by atoms with Gasteiger partial charge >= 0.3 is 0 Å². The average molecular weight is 447 g/mol. The molecule has 9 heteroatoms. The number of rotatable bonds is 10. The number of nitrogens with one attached hydrogen (secondary N) is 4. The lowest BCUT2D eigenvalue weighted by Crippen LogP contribution is -2.55. The Bertz CT molecular complexity index is 956. The number of likely N-dealkylation sites (N-methyl/N-ethyl adjacent to an activating group) is 1. The van der Waals surface area contributed by atoms with Crippen LogP contribution in [0.1, 0.15) is 32.8 Å². The summed E-state index contributed by atoms with van der Waals surface area (Å²) in [5, 5.41) is 7.75. The smallest absolute Gasteiger partial charge is 0.243 e. The Morgan fingerprint density at radius 2 is 1.65 bits per heavy atom. The molecule has 4 N–H and O–H groups in total. The van der Waals surface area contributed by atoms with Crippen LogP contribution in [0.2, 0.25) is 0 Å². The number of H-pyrrole nitrogens is 1. The monoisotopic (exact) mass is 446 g/mol. The normalized spacial score (nSPS) is 14.0. The number of fused-ring (bicyclic) bond motifs is 1. The van der Waals surface area contributed by atoms with Crippen LogP contribution in [0.25, 0.3) is 10.9 Å². The van der Waals surface area contributed by atoms with Gasteiger partial charge in [0.25, 0.3) is 0 Å². The Hall–Kier alpha value is -2.81. The molecule has 2 rings (SSSR count). The molecule has 0 fully saturated rings. The van der Waals surface area contributed by atoms with Gasteiger partial charge in [0.15, 0.2) is 5.78 Å². The molecule has 1 heterocycles. The quantitative estimate of drug-likeness (QED) is 0.280. The third kappa shape index (κ3) is 6.58. The number of hydrogen-bond acceptors (Lipinski definition) is 5. The molecule has 0 aliphatic carbocycles. The topological polar surface area (TPSA) is 120 Å². The lowest BCUT2D eigenvalue weighted by molar-refractivity contribution is -0.133. The van der Waals surface area contributed by atoms with Crippen LogP contribution in [-0.4, -0.2) is 52.9 Å². The minimum Gasteiger partial charge on any atom is -0.361 e. The van der Waals surface area contributed by atoms with E-state index in [1.54, 1.807) is 0 Å². The minimum absolute atomic E-state index is 0.0961. The molecular formula is C22H30N4O4S. The van der Waals surface area contributed by atoms with E-state index in [1.165, 1.54) is 14.0 Å². The summed E-state index contributed by atoms with van der Waals surface area (Å²) in [7, 11) is 1.50. The summed E-state index contributed by atoms with van der Waals surface area (Å²) in [6.45, 7) is 5.09. The lowest BCUT2D eigenvalue weighted by Gasteiger charge is -2.24. The van der Waals surface area contributed by atoms with Crippen molar-refractivity contribution in [3.05, 3.63) is 36.0 Å². The zero-order valence-electron chi connectivity index (χ0n) is 18.2. The molecule has 0 bridgehead atoms. The van der Waals surface area contributed by atoms with E-state index in [-0.39, 0.29) is 18.2 Å². The highest BCUT2D eigenvalue weighted by molar-refractivity contribution is 7.82. The molecule has 8 nitrogen and oxygen atoms in total. The number of carbonyl (C=O) groups excluding carboxylic acids is 4. The SMILES string of the molecule is CNC(=O)[C@H](Cc1c[nH]c2ccccc12)NC(=O)[C@H](CC(C)C)NC(=O)C(S)C(C)=O. The summed E-state index contributed by atoms with van der Waals surface area (Å²) >= 11 is 4.00. The first-order chi connectivity index (χ1) is 14.6. The van der Waals surface area contributed by atoms with E-state index in [1.807, 2.05) is 44.3 Å². The van der Waals surface area contributed by atoms with Crippen molar-refractivity contribution in [2.75, 3.05) is 7.05 Å². The summed E-state index contributed by atoms with van der Waals surface area (Å²) < 4.78 is 0. The highest BCUT2D eigenvalue weighted by Gasteiger charge is 2.30. The number of hydrogen-bond donors (Lipinski definition) is 5. The maximum absolute atomic E-state index is 13.0. The Kier molecular flexibility index (Phi) is 8.67. The predicted octanol–water partition coefficient (Wildman–Crippen LogP) is 1.36. The molecule has 3 atom stereocenters. The van der Waals surface area contributed by atoms with Gasteiger partial charge in [-0.15, -0.1) is 0 Å². The van der Waals surface area contributed by atoms with Crippen molar-refractivity contribution in [1.82, 2.24) is 20.9 Å². The Balaban J connectivity index is 2.20. The number of thiol groups is 1. The van der Waals surface area contributed by atoms with Crippen molar-refractivity contribution < 1.29 is 19.2 Å². The summed E-state index contributed by atoms with van der Waals surface area (Å²) in [4.78, 5) is 52.4. The van der Waals surface area contributed by atoms with Crippen molar-refractivity contribution in [2.24, 2.45) is 5.92 Å². The third-order valence-corrected chi connectivity index (χ3v) is 5.55. The van der Waals surface area contributed by atoms with Crippen molar-refractivity contribution in [3.63, 3.8) is 0 Å². The summed E-state index contributed by atoms with van der Waals surface area (Å²) in [5.74, 6) is -1.78. The molecule has 0 saturated heterocycles. The zero-order chi connectivity index (χ0) is 23.1. The second-order valence-electron chi connectivity index (χ2n) is 7.94. The molecule has 2 aromatic rings. The Morgan fingerprint density at radius 1 is 1.00 bits per heavy atom. The van der Waals surface area contributed by atoms with E-state index >= 15 is 0 Å². The number of para-hydroxylation sites is 1. The number of benzene rings is 1. The van der Waals surface area contributed by atoms with E-state index in [4.69, 9.17) is 0 Å². The maximum Gasteiger partial charge on any atom is 0.243 e. The van der Waals surface area contributed by atoms with Gasteiger partial charge in [-0.3, -0.25) is 19.2 Å². The molecule has 1 unspecified atom stereocenters. The molecular weight excluding hydrogens is 416 g/mol. The molecule has 0 spiro atoms. The number of aromatic amines is 1. The number of carbonyl (C=O) groups is 4. The van der Waals surface area contributed by atoms with Crippen LogP contribution in [0.3, 0.4) is 0 Å². The summed E-state index contributed by atoms with van der Waals surface area (Å²) in [6, 6.07) is 5.98. The lowest BCUT2D eigenvalue weighted by atomic mass is 10.0. The summed E-state index contributed by atoms with van der Waals surface area (Å²) in [6.07, 6.45) is 2.45. The van der Waals surface area contributed by atoms with Crippen LogP contribution >= 0.6 is 12.6 Å². The van der Waals surface area contributed by atoms with Gasteiger partial charge in [-0.2, -0.15) is 12.6 Å². The molecule has 0 aliphatic rings. The van der Waals surface area contributed by atoms with Crippen molar-refractivity contribution >= 4 is 47.0 Å². The fourth-order valence-corrected chi connectivity index (χ4v) is 3.39. The largest absolute Gasteiger partial charge is 0.361 e. The zero-order valence-corrected chi connectivity index (χ0v) is 19.1. The molecule has 1 aromatic heterocycles. The van der Waals surface area contributed by atoms with E-state index in [0.29, 0.717) is 6.42 Å². The highest BCUT2D eigenvalue weighted by Crippen LogP contribution is 2.19. The second kappa shape index (κ2) is 11.0. The van der Waals surface area contributed by atoms with Crippen LogP contribution in [-0.2, 0) is 25.6 Å². The van der Waals surface area contributed by atoms with Gasteiger partial charge in [0.1, 0.15) is 17.3 Å². The standard InChI is InChI=1S/C22H30N4O4S/c1-12(2)9-17(26-22(30)19(31)13(3)27)21(29)25-18(20(28)23-4)10-14-11-24-16-8-6-5-7-15(14)16/h5-8,11-12,17-19,24,31H,9-10H2,1-4H3,(H,23,28)(H,25,29)(H,26,30)/t17-,18-,19?/m0/s1.